The van der Waals surface area contributed by atoms with Crippen LogP contribution in [0.4, 0.5) is 5.82 Å². The van der Waals surface area contributed by atoms with Crippen molar-refractivity contribution in [1.82, 2.24) is 29.5 Å². The van der Waals surface area contributed by atoms with Crippen molar-refractivity contribution in [3.8, 4) is 11.8 Å². The Hall–Kier alpha value is -3.42. The molecule has 0 bridgehead atoms. The van der Waals surface area contributed by atoms with E-state index in [0.717, 1.165) is 0 Å². The van der Waals surface area contributed by atoms with Gasteiger partial charge < -0.3 is 20.1 Å². The number of carbonyl (C=O) groups excluding carboxylic acids is 1. The van der Waals surface area contributed by atoms with Gasteiger partial charge in [-0.2, -0.15) is 0 Å². The van der Waals surface area contributed by atoms with Crippen LogP contribution in [0, 0.1) is 23.2 Å². The van der Waals surface area contributed by atoms with E-state index in [1.807, 2.05) is 6.92 Å². The first kappa shape index (κ1) is 19.5. The minimum Gasteiger partial charge on any atom is -0.389 e. The molecule has 0 aliphatic heterocycles. The molecule has 2 aliphatic rings. The Morgan fingerprint density at radius 1 is 1.29 bits per heavy atom. The number of nitrogens with zero attached hydrogens (tertiary/aromatic N) is 6. The Balaban J connectivity index is 1.60. The number of aliphatic hydroxyl groups is 2. The van der Waals surface area contributed by atoms with Crippen LogP contribution in [0.5, 0.6) is 0 Å². The van der Waals surface area contributed by atoms with Gasteiger partial charge in [0.05, 0.1) is 30.1 Å². The van der Waals surface area contributed by atoms with Gasteiger partial charge in [0.2, 0.25) is 5.82 Å². The van der Waals surface area contributed by atoms with Gasteiger partial charge >= 0.3 is 0 Å². The topological polar surface area (TPSA) is 139 Å². The van der Waals surface area contributed by atoms with Gasteiger partial charge in [-0.3, -0.25) is 9.78 Å². The fourth-order valence-electron chi connectivity index (χ4n) is 4.74. The normalized spacial score (nSPS) is 28.6. The summed E-state index contributed by atoms with van der Waals surface area (Å²) in [5, 5.41) is 24.5. The number of aliphatic hydroxyl groups excluding tert-OH is 2. The Morgan fingerprint density at radius 2 is 2.13 bits per heavy atom. The predicted molar refractivity (Wildman–Crippen MR) is 110 cm³/mol. The van der Waals surface area contributed by atoms with Gasteiger partial charge in [-0.15, -0.1) is 0 Å². The molecule has 31 heavy (non-hydrogen) atoms. The molecular weight excluding hydrogens is 398 g/mol. The second kappa shape index (κ2) is 7.08. The molecule has 2 saturated carbocycles. The number of nitrogens with one attached hydrogen (secondary N) is 1. The number of hydrogen-bond donors (Lipinski definition) is 3. The van der Waals surface area contributed by atoms with E-state index in [2.05, 4.69) is 42.1 Å². The molecule has 5 rings (SSSR count). The first-order valence-electron chi connectivity index (χ1n) is 10.1. The molecule has 0 spiro atoms. The first-order valence-corrected chi connectivity index (χ1v) is 10.1. The molecule has 0 aromatic carbocycles. The third-order valence-corrected chi connectivity index (χ3v) is 6.28. The Kier molecular flexibility index (Phi) is 4.46. The van der Waals surface area contributed by atoms with E-state index < -0.39 is 23.7 Å². The van der Waals surface area contributed by atoms with Crippen molar-refractivity contribution < 1.29 is 15.0 Å². The zero-order valence-electron chi connectivity index (χ0n) is 17.0. The van der Waals surface area contributed by atoms with E-state index in [0.29, 0.717) is 35.6 Å². The van der Waals surface area contributed by atoms with Gasteiger partial charge in [-0.1, -0.05) is 0 Å². The molecule has 3 N–H and O–H groups in total. The summed E-state index contributed by atoms with van der Waals surface area (Å²) in [6, 6.07) is -0.505. The van der Waals surface area contributed by atoms with Crippen molar-refractivity contribution in [3.63, 3.8) is 0 Å². The number of rotatable bonds is 4. The van der Waals surface area contributed by atoms with Gasteiger partial charge in [0.15, 0.2) is 17.0 Å². The highest BCUT2D eigenvalue weighted by Crippen LogP contribution is 2.68. The maximum absolute atomic E-state index is 12.2. The number of anilines is 1. The highest BCUT2D eigenvalue weighted by molar-refractivity contribution is 5.88. The third-order valence-electron chi connectivity index (χ3n) is 6.28. The van der Waals surface area contributed by atoms with Gasteiger partial charge in [-0.05, 0) is 38.0 Å². The van der Waals surface area contributed by atoms with Crippen LogP contribution in [-0.2, 0) is 4.79 Å². The lowest BCUT2D eigenvalue weighted by Gasteiger charge is -2.23. The average molecular weight is 419 g/mol. The monoisotopic (exact) mass is 419 g/mol. The van der Waals surface area contributed by atoms with Crippen LogP contribution in [0.25, 0.3) is 11.2 Å². The lowest BCUT2D eigenvalue weighted by Crippen LogP contribution is -2.36. The molecule has 3 aromatic rings. The highest BCUT2D eigenvalue weighted by Gasteiger charge is 2.74. The zero-order chi connectivity index (χ0) is 21.8. The Bertz CT molecular complexity index is 1230. The zero-order valence-corrected chi connectivity index (χ0v) is 17.0. The van der Waals surface area contributed by atoms with Crippen LogP contribution in [0.15, 0.2) is 24.9 Å². The molecule has 158 valence electrons. The molecule has 0 radical (unpaired) electrons. The Morgan fingerprint density at radius 3 is 2.81 bits per heavy atom. The molecule has 2 fully saturated rings. The summed E-state index contributed by atoms with van der Waals surface area (Å²) in [7, 11) is 0. The fraction of sp³-hybridized carbons (Fsp3) is 0.429. The van der Waals surface area contributed by atoms with E-state index >= 15 is 0 Å². The molecule has 10 nitrogen and oxygen atoms in total. The molecule has 3 aromatic heterocycles. The van der Waals surface area contributed by atoms with Crippen LogP contribution in [0.3, 0.4) is 0 Å². The second-order valence-electron chi connectivity index (χ2n) is 7.92. The van der Waals surface area contributed by atoms with Gasteiger partial charge in [-0.25, -0.2) is 19.9 Å². The smallest absolute Gasteiger partial charge is 0.209 e. The summed E-state index contributed by atoms with van der Waals surface area (Å²) in [6.07, 6.45) is 4.58. The number of ketones is 1. The molecule has 0 saturated heterocycles. The van der Waals surface area contributed by atoms with Gasteiger partial charge in [0, 0.05) is 18.9 Å². The molecule has 5 atom stereocenters. The lowest BCUT2D eigenvalue weighted by molar-refractivity contribution is -0.128. The maximum atomic E-state index is 12.2. The number of Topliss-reactive ketones (excluding diaryl/α,β-unsaturated/α-hetero) is 1. The van der Waals surface area contributed by atoms with Crippen LogP contribution < -0.4 is 5.32 Å². The van der Waals surface area contributed by atoms with E-state index in [-0.39, 0.29) is 17.5 Å². The van der Waals surface area contributed by atoms with Crippen molar-refractivity contribution >= 4 is 22.8 Å². The summed E-state index contributed by atoms with van der Waals surface area (Å²) in [4.78, 5) is 33.8. The minimum atomic E-state index is -1.11. The second-order valence-corrected chi connectivity index (χ2v) is 7.92. The largest absolute Gasteiger partial charge is 0.389 e. The van der Waals surface area contributed by atoms with E-state index in [4.69, 9.17) is 0 Å². The lowest BCUT2D eigenvalue weighted by atomic mass is 9.95. The molecule has 2 aliphatic carbocycles. The standard InChI is InChI=1S/C21H21N7O3/c1-3-23-19-15-20(27-14(26-19)5-4-12-9-22-6-7-24-12)28(10-25-15)16-13-8-21(13,11(2)29)18(31)17(16)30/h6-7,9-10,13,16-18,30-31H,3,8H2,1-2H3,(H,23,26,27)/t13?,16-,17+,18?,21-/m1/s1. The van der Waals surface area contributed by atoms with Crippen molar-refractivity contribution in [1.29, 1.82) is 0 Å². The summed E-state index contributed by atoms with van der Waals surface area (Å²) in [6.45, 7) is 4.03. The minimum absolute atomic E-state index is 0.102. The van der Waals surface area contributed by atoms with Crippen molar-refractivity contribution in [2.75, 3.05) is 11.9 Å². The van der Waals surface area contributed by atoms with E-state index in [9.17, 15) is 15.0 Å². The quantitative estimate of drug-likeness (QED) is 0.510. The Labute approximate surface area is 177 Å². The summed E-state index contributed by atoms with van der Waals surface area (Å²) >= 11 is 0. The van der Waals surface area contributed by atoms with Gasteiger partial charge in [0.1, 0.15) is 17.6 Å². The van der Waals surface area contributed by atoms with E-state index in [1.165, 1.54) is 6.92 Å². The number of aromatic nitrogens is 6. The van der Waals surface area contributed by atoms with Crippen LogP contribution in [0.2, 0.25) is 0 Å². The van der Waals surface area contributed by atoms with Crippen LogP contribution >= 0.6 is 0 Å². The summed E-state index contributed by atoms with van der Waals surface area (Å²) in [5.41, 5.74) is 0.627. The predicted octanol–water partition coefficient (Wildman–Crippen LogP) is 0.320. The van der Waals surface area contributed by atoms with Crippen molar-refractivity contribution in [3.05, 3.63) is 36.4 Å². The maximum Gasteiger partial charge on any atom is 0.209 e. The number of carbonyl (C=O) groups is 1. The first-order chi connectivity index (χ1) is 15.0. The summed E-state index contributed by atoms with van der Waals surface area (Å²) < 4.78 is 1.74. The number of imidazole rings is 1. The van der Waals surface area contributed by atoms with Crippen molar-refractivity contribution in [2.24, 2.45) is 11.3 Å². The third kappa shape index (κ3) is 2.89. The molecular formula is C21H21N7O3. The fourth-order valence-corrected chi connectivity index (χ4v) is 4.74. The van der Waals surface area contributed by atoms with Crippen molar-refractivity contribution in [2.45, 2.75) is 38.5 Å². The summed E-state index contributed by atoms with van der Waals surface area (Å²) in [5.74, 6) is 6.31. The van der Waals surface area contributed by atoms with Gasteiger partial charge in [0.25, 0.3) is 0 Å². The average Bonchev–Trinajstić information content (AvgIpc) is 3.31. The molecule has 0 amide bonds. The number of fused-ring (bicyclic) bond motifs is 2. The van der Waals surface area contributed by atoms with Crippen LogP contribution in [-0.4, -0.2) is 64.2 Å². The molecule has 10 heteroatoms. The highest BCUT2D eigenvalue weighted by atomic mass is 16.3. The molecule has 2 unspecified atom stereocenters. The molecule has 3 heterocycles. The number of hydrogen-bond acceptors (Lipinski definition) is 9. The van der Waals surface area contributed by atoms with E-state index in [1.54, 1.807) is 29.5 Å². The van der Waals surface area contributed by atoms with Crippen LogP contribution in [0.1, 0.15) is 37.8 Å². The SMILES string of the molecule is CCNc1nc(C#Cc2cnccn2)nc2c1ncn2[C@@H]1C2C[C@]2(C(C)=O)C(O)[C@H]1O.